The van der Waals surface area contributed by atoms with Gasteiger partial charge in [0.1, 0.15) is 5.75 Å². The number of methoxy groups -OCH3 is 1. The Hall–Kier alpha value is -2.28. The number of likely N-dealkylation sites (N-methyl/N-ethyl adjacent to an activating group) is 1. The molecule has 1 aromatic rings. The average Bonchev–Trinajstić information content (AvgIpc) is 2.62. The highest BCUT2D eigenvalue weighted by molar-refractivity contribution is 5.86. The van der Waals surface area contributed by atoms with E-state index in [2.05, 4.69) is 20.9 Å². The van der Waals surface area contributed by atoms with Crippen LogP contribution in [-0.2, 0) is 16.1 Å². The maximum absolute atomic E-state index is 11.6. The van der Waals surface area contributed by atoms with Crippen LogP contribution in [0.3, 0.4) is 0 Å². The molecule has 0 aliphatic rings. The van der Waals surface area contributed by atoms with Crippen molar-refractivity contribution >= 4 is 11.9 Å². The van der Waals surface area contributed by atoms with Gasteiger partial charge in [0.2, 0.25) is 5.91 Å². The van der Waals surface area contributed by atoms with Crippen LogP contribution in [0, 0.1) is 6.92 Å². The van der Waals surface area contributed by atoms with E-state index in [1.807, 2.05) is 39.0 Å². The third-order valence-electron chi connectivity index (χ3n) is 3.52. The van der Waals surface area contributed by atoms with Crippen LogP contribution in [0.15, 0.2) is 23.2 Å². The molecule has 1 aromatic carbocycles. The number of hydrogen-bond acceptors (Lipinski definition) is 4. The highest BCUT2D eigenvalue weighted by atomic mass is 16.5. The quantitative estimate of drug-likeness (QED) is 0.316. The minimum Gasteiger partial charge on any atom is -0.493 e. The van der Waals surface area contributed by atoms with Gasteiger partial charge in [-0.25, -0.2) is 4.99 Å². The predicted molar refractivity (Wildman–Crippen MR) is 105 cm³/mol. The lowest BCUT2D eigenvalue weighted by Crippen LogP contribution is -2.43. The molecular weight excluding hydrogens is 332 g/mol. The molecule has 146 valence electrons. The SMILES string of the molecule is CCNC(=O)CNC(=NCc1ccc(C)cc1OCCCOC)NCC. The molecule has 3 N–H and O–H groups in total. The van der Waals surface area contributed by atoms with Gasteiger partial charge < -0.3 is 25.4 Å². The topological polar surface area (TPSA) is 84.0 Å². The van der Waals surface area contributed by atoms with Gasteiger partial charge in [0.05, 0.1) is 19.7 Å². The number of carbonyl (C=O) groups is 1. The maximum atomic E-state index is 11.6. The van der Waals surface area contributed by atoms with E-state index in [1.165, 1.54) is 0 Å². The van der Waals surface area contributed by atoms with E-state index in [0.29, 0.717) is 32.3 Å². The minimum atomic E-state index is -0.0596. The highest BCUT2D eigenvalue weighted by Crippen LogP contribution is 2.21. The third kappa shape index (κ3) is 8.71. The summed E-state index contributed by atoms with van der Waals surface area (Å²) in [5.41, 5.74) is 2.14. The molecule has 0 spiro atoms. The summed E-state index contributed by atoms with van der Waals surface area (Å²) in [5.74, 6) is 1.38. The summed E-state index contributed by atoms with van der Waals surface area (Å²) in [6, 6.07) is 6.09. The van der Waals surface area contributed by atoms with Crippen LogP contribution in [0.4, 0.5) is 0 Å². The molecule has 0 aliphatic carbocycles. The maximum Gasteiger partial charge on any atom is 0.239 e. The van der Waals surface area contributed by atoms with Crippen LogP contribution in [0.2, 0.25) is 0 Å². The molecule has 0 aromatic heterocycles. The average molecular weight is 364 g/mol. The van der Waals surface area contributed by atoms with Gasteiger partial charge >= 0.3 is 0 Å². The molecule has 1 rings (SSSR count). The molecule has 0 bridgehead atoms. The van der Waals surface area contributed by atoms with Gasteiger partial charge in [-0.15, -0.1) is 0 Å². The Morgan fingerprint density at radius 3 is 2.58 bits per heavy atom. The van der Waals surface area contributed by atoms with Crippen molar-refractivity contribution in [3.63, 3.8) is 0 Å². The molecule has 0 heterocycles. The van der Waals surface area contributed by atoms with E-state index < -0.39 is 0 Å². The fourth-order valence-corrected chi connectivity index (χ4v) is 2.24. The van der Waals surface area contributed by atoms with Crippen molar-refractivity contribution in [1.29, 1.82) is 0 Å². The smallest absolute Gasteiger partial charge is 0.239 e. The molecule has 0 atom stereocenters. The lowest BCUT2D eigenvalue weighted by atomic mass is 10.1. The lowest BCUT2D eigenvalue weighted by molar-refractivity contribution is -0.119. The Balaban J connectivity index is 2.72. The minimum absolute atomic E-state index is 0.0596. The molecule has 7 nitrogen and oxygen atoms in total. The Bertz CT molecular complexity index is 576. The number of hydrogen-bond donors (Lipinski definition) is 3. The molecule has 26 heavy (non-hydrogen) atoms. The van der Waals surface area contributed by atoms with Gasteiger partial charge in [-0.2, -0.15) is 0 Å². The van der Waals surface area contributed by atoms with Gasteiger partial charge in [-0.05, 0) is 32.4 Å². The van der Waals surface area contributed by atoms with Crippen LogP contribution >= 0.6 is 0 Å². The second kappa shape index (κ2) is 13.0. The van der Waals surface area contributed by atoms with Gasteiger partial charge in [-0.1, -0.05) is 12.1 Å². The number of aryl methyl sites for hydroxylation is 1. The Labute approximate surface area is 156 Å². The molecule has 0 fully saturated rings. The largest absolute Gasteiger partial charge is 0.493 e. The lowest BCUT2D eigenvalue weighted by Gasteiger charge is -2.13. The van der Waals surface area contributed by atoms with E-state index in [-0.39, 0.29) is 12.5 Å². The molecule has 0 unspecified atom stereocenters. The summed E-state index contributed by atoms with van der Waals surface area (Å²) in [6.07, 6.45) is 0.837. The van der Waals surface area contributed by atoms with Gasteiger partial charge in [-0.3, -0.25) is 4.79 Å². The molecule has 0 saturated carbocycles. The highest BCUT2D eigenvalue weighted by Gasteiger charge is 2.06. The van der Waals surface area contributed by atoms with Crippen molar-refractivity contribution in [2.45, 2.75) is 33.7 Å². The normalized spacial score (nSPS) is 11.2. The molecule has 0 aliphatic heterocycles. The molecule has 0 saturated heterocycles. The van der Waals surface area contributed by atoms with Crippen molar-refractivity contribution in [3.05, 3.63) is 29.3 Å². The molecule has 0 radical (unpaired) electrons. The van der Waals surface area contributed by atoms with Crippen molar-refractivity contribution in [2.24, 2.45) is 4.99 Å². The van der Waals surface area contributed by atoms with E-state index in [4.69, 9.17) is 9.47 Å². The first-order chi connectivity index (χ1) is 12.6. The fourth-order valence-electron chi connectivity index (χ4n) is 2.24. The van der Waals surface area contributed by atoms with Gasteiger partial charge in [0, 0.05) is 38.8 Å². The van der Waals surface area contributed by atoms with Gasteiger partial charge in [0.25, 0.3) is 0 Å². The number of nitrogens with one attached hydrogen (secondary N) is 3. The number of ether oxygens (including phenoxy) is 2. The van der Waals surface area contributed by atoms with Crippen molar-refractivity contribution in [2.75, 3.05) is 40.0 Å². The number of rotatable bonds is 11. The summed E-state index contributed by atoms with van der Waals surface area (Å²) >= 11 is 0. The Morgan fingerprint density at radius 1 is 1.12 bits per heavy atom. The fraction of sp³-hybridized carbons (Fsp3) is 0.579. The number of aliphatic imine (C=N–C) groups is 1. The van der Waals surface area contributed by atoms with Crippen LogP contribution in [-0.4, -0.2) is 51.8 Å². The van der Waals surface area contributed by atoms with E-state index >= 15 is 0 Å². The first-order valence-electron chi connectivity index (χ1n) is 9.10. The summed E-state index contributed by atoms with van der Waals surface area (Å²) in [7, 11) is 1.68. The Kier molecular flexibility index (Phi) is 10.9. The zero-order valence-electron chi connectivity index (χ0n) is 16.4. The number of benzene rings is 1. The van der Waals surface area contributed by atoms with Gasteiger partial charge in [0.15, 0.2) is 5.96 Å². The monoisotopic (exact) mass is 364 g/mol. The zero-order chi connectivity index (χ0) is 19.2. The van der Waals surface area contributed by atoms with E-state index in [9.17, 15) is 4.79 Å². The molecule has 7 heteroatoms. The summed E-state index contributed by atoms with van der Waals surface area (Å²) in [6.45, 7) is 9.17. The predicted octanol–water partition coefficient (Wildman–Crippen LogP) is 1.60. The second-order valence-corrected chi connectivity index (χ2v) is 5.81. The van der Waals surface area contributed by atoms with E-state index in [0.717, 1.165) is 29.8 Å². The van der Waals surface area contributed by atoms with Crippen molar-refractivity contribution in [1.82, 2.24) is 16.0 Å². The Morgan fingerprint density at radius 2 is 1.88 bits per heavy atom. The van der Waals surface area contributed by atoms with Crippen LogP contribution in [0.25, 0.3) is 0 Å². The number of guanidine groups is 1. The summed E-state index contributed by atoms with van der Waals surface area (Å²) in [4.78, 5) is 16.2. The first-order valence-corrected chi connectivity index (χ1v) is 9.10. The van der Waals surface area contributed by atoms with Crippen LogP contribution < -0.4 is 20.7 Å². The summed E-state index contributed by atoms with van der Waals surface area (Å²) < 4.78 is 10.9. The number of carbonyl (C=O) groups excluding carboxylic acids is 1. The first kappa shape index (κ1) is 21.8. The standard InChI is InChI=1S/C19H32N4O3/c1-5-20-18(24)14-23-19(21-6-2)22-13-16-9-8-15(3)12-17(16)26-11-7-10-25-4/h8-9,12H,5-7,10-11,13-14H2,1-4H3,(H,20,24)(H2,21,22,23). The third-order valence-corrected chi connectivity index (χ3v) is 3.52. The second-order valence-electron chi connectivity index (χ2n) is 5.81. The van der Waals surface area contributed by atoms with Crippen molar-refractivity contribution in [3.8, 4) is 5.75 Å². The molecule has 1 amide bonds. The molecular formula is C19H32N4O3. The summed E-state index contributed by atoms with van der Waals surface area (Å²) in [5, 5.41) is 8.93. The number of nitrogens with zero attached hydrogens (tertiary/aromatic N) is 1. The van der Waals surface area contributed by atoms with Crippen LogP contribution in [0.1, 0.15) is 31.4 Å². The van der Waals surface area contributed by atoms with Crippen molar-refractivity contribution < 1.29 is 14.3 Å². The van der Waals surface area contributed by atoms with Crippen LogP contribution in [0.5, 0.6) is 5.75 Å². The van der Waals surface area contributed by atoms with E-state index in [1.54, 1.807) is 7.11 Å². The number of amides is 1. The zero-order valence-corrected chi connectivity index (χ0v) is 16.4.